The second kappa shape index (κ2) is 6.26. The van der Waals surface area contributed by atoms with E-state index in [0.717, 1.165) is 0 Å². The molecule has 0 spiro atoms. The van der Waals surface area contributed by atoms with Gasteiger partial charge in [-0.05, 0) is 36.4 Å². The number of rotatable bonds is 3. The molecular weight excluding hydrogens is 287 g/mol. The van der Waals surface area contributed by atoms with Gasteiger partial charge in [-0.1, -0.05) is 6.07 Å². The second-order valence-corrected chi connectivity index (χ2v) is 4.58. The summed E-state index contributed by atoms with van der Waals surface area (Å²) in [5.41, 5.74) is 3.42. The highest BCUT2D eigenvalue weighted by molar-refractivity contribution is 5.95. The van der Waals surface area contributed by atoms with E-state index in [1.165, 1.54) is 30.5 Å². The van der Waals surface area contributed by atoms with Gasteiger partial charge in [0.2, 0.25) is 0 Å². The van der Waals surface area contributed by atoms with Crippen LogP contribution in [0.25, 0.3) is 0 Å². The number of halogens is 1. The fourth-order valence-electron chi connectivity index (χ4n) is 2.02. The number of hydrazone groups is 1. The molecule has 0 saturated carbocycles. The van der Waals surface area contributed by atoms with Gasteiger partial charge in [0.05, 0.1) is 6.21 Å². The number of para-hydroxylation sites is 1. The minimum absolute atomic E-state index is 0.327. The zero-order valence-corrected chi connectivity index (χ0v) is 11.6. The van der Waals surface area contributed by atoms with Gasteiger partial charge in [0.15, 0.2) is 11.5 Å². The lowest BCUT2D eigenvalue weighted by Gasteiger charge is -2.19. The average Bonchev–Trinajstić information content (AvgIpc) is 2.55. The van der Waals surface area contributed by atoms with Crippen LogP contribution in [0, 0.1) is 5.82 Å². The average molecular weight is 300 g/mol. The zero-order valence-electron chi connectivity index (χ0n) is 11.6. The van der Waals surface area contributed by atoms with Gasteiger partial charge < -0.3 is 9.47 Å². The lowest BCUT2D eigenvalue weighted by molar-refractivity contribution is 0.0955. The number of nitrogens with one attached hydrogen (secondary N) is 1. The van der Waals surface area contributed by atoms with E-state index < -0.39 is 11.7 Å². The van der Waals surface area contributed by atoms with Gasteiger partial charge in [-0.25, -0.2) is 9.82 Å². The Labute approximate surface area is 126 Å². The summed E-state index contributed by atoms with van der Waals surface area (Å²) in [6, 6.07) is 10.7. The molecule has 1 N–H and O–H groups in total. The fraction of sp³-hybridized carbons (Fsp3) is 0.125. The molecular formula is C16H13FN2O3. The molecule has 0 saturated heterocycles. The van der Waals surface area contributed by atoms with Crippen LogP contribution in [0.1, 0.15) is 15.9 Å². The molecule has 1 aliphatic rings. The summed E-state index contributed by atoms with van der Waals surface area (Å²) < 4.78 is 23.8. The predicted octanol–water partition coefficient (Wildman–Crippen LogP) is 2.36. The fourth-order valence-corrected chi connectivity index (χ4v) is 2.02. The van der Waals surface area contributed by atoms with Crippen molar-refractivity contribution in [1.82, 2.24) is 5.43 Å². The smallest absolute Gasteiger partial charge is 0.271 e. The largest absolute Gasteiger partial charge is 0.486 e. The van der Waals surface area contributed by atoms with Gasteiger partial charge in [0.1, 0.15) is 19.0 Å². The van der Waals surface area contributed by atoms with E-state index in [0.29, 0.717) is 35.8 Å². The monoisotopic (exact) mass is 300 g/mol. The number of fused-ring (bicyclic) bond motifs is 1. The SMILES string of the molecule is O=C(N/N=C\c1cccc2c1OCCO2)c1ccc(F)cc1. The second-order valence-electron chi connectivity index (χ2n) is 4.58. The predicted molar refractivity (Wildman–Crippen MR) is 78.9 cm³/mol. The van der Waals surface area contributed by atoms with E-state index in [9.17, 15) is 9.18 Å². The molecule has 0 aromatic heterocycles. The number of carbonyl (C=O) groups excluding carboxylic acids is 1. The van der Waals surface area contributed by atoms with Gasteiger partial charge in [-0.3, -0.25) is 4.79 Å². The number of hydrogen-bond acceptors (Lipinski definition) is 4. The summed E-state index contributed by atoms with van der Waals surface area (Å²) in [6.07, 6.45) is 1.48. The maximum atomic E-state index is 12.8. The summed E-state index contributed by atoms with van der Waals surface area (Å²) in [5.74, 6) is 0.444. The van der Waals surface area contributed by atoms with Crippen LogP contribution in [0.3, 0.4) is 0 Å². The van der Waals surface area contributed by atoms with E-state index in [1.807, 2.05) is 12.1 Å². The summed E-state index contributed by atoms with van der Waals surface area (Å²) in [6.45, 7) is 0.981. The third-order valence-electron chi connectivity index (χ3n) is 3.07. The molecule has 2 aromatic carbocycles. The van der Waals surface area contributed by atoms with Crippen molar-refractivity contribution in [2.45, 2.75) is 0 Å². The normalized spacial score (nSPS) is 13.1. The van der Waals surface area contributed by atoms with Crippen LogP contribution in [0.15, 0.2) is 47.6 Å². The molecule has 6 heteroatoms. The summed E-state index contributed by atoms with van der Waals surface area (Å²) in [7, 11) is 0. The highest BCUT2D eigenvalue weighted by atomic mass is 19.1. The Balaban J connectivity index is 1.70. The molecule has 0 aliphatic carbocycles. The molecule has 1 aliphatic heterocycles. The van der Waals surface area contributed by atoms with Gasteiger partial charge in [0, 0.05) is 11.1 Å². The summed E-state index contributed by atoms with van der Waals surface area (Å²) in [4.78, 5) is 11.8. The van der Waals surface area contributed by atoms with Crippen LogP contribution in [-0.2, 0) is 0 Å². The van der Waals surface area contributed by atoms with Crippen LogP contribution in [0.5, 0.6) is 11.5 Å². The number of carbonyl (C=O) groups is 1. The number of ether oxygens (including phenoxy) is 2. The number of amides is 1. The highest BCUT2D eigenvalue weighted by Crippen LogP contribution is 2.32. The minimum atomic E-state index is -0.418. The number of nitrogens with zero attached hydrogens (tertiary/aromatic N) is 1. The van der Waals surface area contributed by atoms with Crippen molar-refractivity contribution in [2.24, 2.45) is 5.10 Å². The molecule has 0 unspecified atom stereocenters. The quantitative estimate of drug-likeness (QED) is 0.699. The molecule has 5 nitrogen and oxygen atoms in total. The minimum Gasteiger partial charge on any atom is -0.486 e. The molecule has 0 atom stereocenters. The molecule has 112 valence electrons. The van der Waals surface area contributed by atoms with E-state index in [1.54, 1.807) is 6.07 Å². The molecule has 3 rings (SSSR count). The van der Waals surface area contributed by atoms with Crippen molar-refractivity contribution in [3.63, 3.8) is 0 Å². The van der Waals surface area contributed by atoms with E-state index >= 15 is 0 Å². The molecule has 0 bridgehead atoms. The lowest BCUT2D eigenvalue weighted by Crippen LogP contribution is -2.18. The van der Waals surface area contributed by atoms with Crippen LogP contribution < -0.4 is 14.9 Å². The molecule has 0 radical (unpaired) electrons. The first-order valence-electron chi connectivity index (χ1n) is 6.71. The first-order chi connectivity index (χ1) is 10.7. The number of benzene rings is 2. The Morgan fingerprint density at radius 2 is 1.91 bits per heavy atom. The third kappa shape index (κ3) is 3.06. The van der Waals surface area contributed by atoms with Crippen molar-refractivity contribution >= 4 is 12.1 Å². The summed E-state index contributed by atoms with van der Waals surface area (Å²) in [5, 5.41) is 3.89. The van der Waals surface area contributed by atoms with Gasteiger partial charge in [-0.15, -0.1) is 0 Å². The number of hydrogen-bond donors (Lipinski definition) is 1. The van der Waals surface area contributed by atoms with Crippen molar-refractivity contribution in [3.05, 3.63) is 59.4 Å². The van der Waals surface area contributed by atoms with Gasteiger partial charge >= 0.3 is 0 Å². The van der Waals surface area contributed by atoms with E-state index in [4.69, 9.17) is 9.47 Å². The van der Waals surface area contributed by atoms with E-state index in [-0.39, 0.29) is 0 Å². The van der Waals surface area contributed by atoms with Crippen LogP contribution in [0.4, 0.5) is 4.39 Å². The Bertz CT molecular complexity index is 714. The topological polar surface area (TPSA) is 59.9 Å². The van der Waals surface area contributed by atoms with Crippen molar-refractivity contribution in [3.8, 4) is 11.5 Å². The van der Waals surface area contributed by atoms with Crippen molar-refractivity contribution < 1.29 is 18.7 Å². The highest BCUT2D eigenvalue weighted by Gasteiger charge is 2.14. The molecule has 22 heavy (non-hydrogen) atoms. The molecule has 1 amide bonds. The Kier molecular flexibility index (Phi) is 4.00. The van der Waals surface area contributed by atoms with Crippen molar-refractivity contribution in [2.75, 3.05) is 13.2 Å². The first-order valence-corrected chi connectivity index (χ1v) is 6.71. The zero-order chi connectivity index (χ0) is 15.4. The van der Waals surface area contributed by atoms with Crippen molar-refractivity contribution in [1.29, 1.82) is 0 Å². The van der Waals surface area contributed by atoms with Crippen LogP contribution in [-0.4, -0.2) is 25.3 Å². The Morgan fingerprint density at radius 3 is 2.73 bits per heavy atom. The third-order valence-corrected chi connectivity index (χ3v) is 3.07. The van der Waals surface area contributed by atoms with Crippen LogP contribution >= 0.6 is 0 Å². The summed E-state index contributed by atoms with van der Waals surface area (Å²) >= 11 is 0. The Morgan fingerprint density at radius 1 is 1.14 bits per heavy atom. The van der Waals surface area contributed by atoms with Gasteiger partial charge in [0.25, 0.3) is 5.91 Å². The maximum Gasteiger partial charge on any atom is 0.271 e. The maximum absolute atomic E-state index is 12.8. The molecule has 1 heterocycles. The molecule has 2 aromatic rings. The van der Waals surface area contributed by atoms with E-state index in [2.05, 4.69) is 10.5 Å². The van der Waals surface area contributed by atoms with Crippen LogP contribution in [0.2, 0.25) is 0 Å². The Hall–Kier alpha value is -2.89. The van der Waals surface area contributed by atoms with Gasteiger partial charge in [-0.2, -0.15) is 5.10 Å². The first kappa shape index (κ1) is 14.1. The standard InChI is InChI=1S/C16H13FN2O3/c17-13-6-4-11(5-7-13)16(20)19-18-10-12-2-1-3-14-15(12)22-9-8-21-14/h1-7,10H,8-9H2,(H,19,20)/b18-10-. The molecule has 0 fully saturated rings. The lowest BCUT2D eigenvalue weighted by atomic mass is 10.2.